The van der Waals surface area contributed by atoms with E-state index in [2.05, 4.69) is 5.32 Å². The SMILES string of the molecule is CCn1c(C)cc(NCc2ccco2)c(C=O)c1=O. The van der Waals surface area contributed by atoms with E-state index in [9.17, 15) is 9.59 Å². The molecule has 100 valence electrons. The van der Waals surface area contributed by atoms with E-state index in [1.165, 1.54) is 0 Å². The molecule has 0 fully saturated rings. The van der Waals surface area contributed by atoms with Crippen molar-refractivity contribution in [3.8, 4) is 0 Å². The van der Waals surface area contributed by atoms with Crippen LogP contribution in [0.3, 0.4) is 0 Å². The number of carbonyl (C=O) groups is 1. The predicted octanol–water partition coefficient (Wildman–Crippen LogP) is 2.19. The van der Waals surface area contributed by atoms with Crippen LogP contribution in [-0.4, -0.2) is 10.9 Å². The third kappa shape index (κ3) is 2.59. The molecule has 19 heavy (non-hydrogen) atoms. The molecule has 0 saturated heterocycles. The normalized spacial score (nSPS) is 10.4. The first-order chi connectivity index (χ1) is 9.17. The smallest absolute Gasteiger partial charge is 0.263 e. The number of aryl methyl sites for hydroxylation is 1. The number of rotatable bonds is 5. The maximum atomic E-state index is 12.1. The Morgan fingerprint density at radius 2 is 2.26 bits per heavy atom. The lowest BCUT2D eigenvalue weighted by atomic mass is 10.2. The molecule has 0 atom stereocenters. The van der Waals surface area contributed by atoms with Crippen molar-refractivity contribution in [3.05, 3.63) is 51.8 Å². The van der Waals surface area contributed by atoms with Crippen molar-refractivity contribution < 1.29 is 9.21 Å². The molecule has 0 bridgehead atoms. The van der Waals surface area contributed by atoms with Gasteiger partial charge in [-0.2, -0.15) is 0 Å². The molecule has 2 rings (SSSR count). The fourth-order valence-corrected chi connectivity index (χ4v) is 2.03. The highest BCUT2D eigenvalue weighted by molar-refractivity contribution is 5.83. The highest BCUT2D eigenvalue weighted by Gasteiger charge is 2.11. The van der Waals surface area contributed by atoms with E-state index in [1.54, 1.807) is 23.0 Å². The number of hydrogen-bond donors (Lipinski definition) is 1. The number of nitrogens with one attached hydrogen (secondary N) is 1. The largest absolute Gasteiger partial charge is 0.467 e. The van der Waals surface area contributed by atoms with Gasteiger partial charge in [0.25, 0.3) is 5.56 Å². The Morgan fingerprint density at radius 3 is 2.84 bits per heavy atom. The van der Waals surface area contributed by atoms with Crippen LogP contribution in [-0.2, 0) is 13.1 Å². The molecular formula is C14H16N2O3. The van der Waals surface area contributed by atoms with Crippen molar-refractivity contribution in [2.45, 2.75) is 26.9 Å². The fourth-order valence-electron chi connectivity index (χ4n) is 2.03. The summed E-state index contributed by atoms with van der Waals surface area (Å²) in [5, 5.41) is 3.06. The fraction of sp³-hybridized carbons (Fsp3) is 0.286. The van der Waals surface area contributed by atoms with Crippen molar-refractivity contribution in [3.63, 3.8) is 0 Å². The zero-order chi connectivity index (χ0) is 13.8. The maximum absolute atomic E-state index is 12.1. The first kappa shape index (κ1) is 13.1. The van der Waals surface area contributed by atoms with Crippen LogP contribution in [0, 0.1) is 6.92 Å². The Morgan fingerprint density at radius 1 is 1.47 bits per heavy atom. The minimum Gasteiger partial charge on any atom is -0.467 e. The summed E-state index contributed by atoms with van der Waals surface area (Å²) in [6.45, 7) is 4.70. The molecule has 5 heteroatoms. The summed E-state index contributed by atoms with van der Waals surface area (Å²) in [5.74, 6) is 0.745. The molecule has 5 nitrogen and oxygen atoms in total. The number of nitrogens with zero attached hydrogens (tertiary/aromatic N) is 1. The van der Waals surface area contributed by atoms with Crippen LogP contribution in [0.25, 0.3) is 0 Å². The topological polar surface area (TPSA) is 64.2 Å². The minimum atomic E-state index is -0.264. The van der Waals surface area contributed by atoms with Crippen LogP contribution in [0.4, 0.5) is 5.69 Å². The van der Waals surface area contributed by atoms with E-state index in [1.807, 2.05) is 19.9 Å². The molecule has 0 unspecified atom stereocenters. The van der Waals surface area contributed by atoms with Crippen LogP contribution in [0.5, 0.6) is 0 Å². The zero-order valence-electron chi connectivity index (χ0n) is 11.0. The van der Waals surface area contributed by atoms with Gasteiger partial charge >= 0.3 is 0 Å². The molecule has 2 aromatic heterocycles. The van der Waals surface area contributed by atoms with Gasteiger partial charge in [0, 0.05) is 12.2 Å². The number of hydrogen-bond acceptors (Lipinski definition) is 4. The molecule has 1 N–H and O–H groups in total. The van der Waals surface area contributed by atoms with Gasteiger partial charge in [-0.15, -0.1) is 0 Å². The van der Waals surface area contributed by atoms with Crippen molar-refractivity contribution >= 4 is 12.0 Å². The first-order valence-corrected chi connectivity index (χ1v) is 6.13. The molecule has 0 aliphatic carbocycles. The molecule has 0 aliphatic heterocycles. The number of pyridine rings is 1. The van der Waals surface area contributed by atoms with E-state index >= 15 is 0 Å². The second-order valence-electron chi connectivity index (χ2n) is 4.21. The Bertz CT molecular complexity index is 627. The van der Waals surface area contributed by atoms with Gasteiger partial charge in [0.15, 0.2) is 6.29 Å². The van der Waals surface area contributed by atoms with Gasteiger partial charge < -0.3 is 14.3 Å². The monoisotopic (exact) mass is 260 g/mol. The van der Waals surface area contributed by atoms with Gasteiger partial charge in [-0.1, -0.05) is 0 Å². The number of anilines is 1. The van der Waals surface area contributed by atoms with Crippen LogP contribution in [0.1, 0.15) is 28.7 Å². The minimum absolute atomic E-state index is 0.152. The van der Waals surface area contributed by atoms with E-state index in [0.29, 0.717) is 25.1 Å². The third-order valence-electron chi connectivity index (χ3n) is 3.01. The summed E-state index contributed by atoms with van der Waals surface area (Å²) in [6.07, 6.45) is 2.18. The standard InChI is InChI=1S/C14H16N2O3/c1-3-16-10(2)7-13(12(9-17)14(16)18)15-8-11-5-4-6-19-11/h4-7,9,15H,3,8H2,1-2H3. The summed E-state index contributed by atoms with van der Waals surface area (Å²) in [6, 6.07) is 5.42. The van der Waals surface area contributed by atoms with Gasteiger partial charge in [0.2, 0.25) is 0 Å². The first-order valence-electron chi connectivity index (χ1n) is 6.13. The predicted molar refractivity (Wildman–Crippen MR) is 72.5 cm³/mol. The zero-order valence-corrected chi connectivity index (χ0v) is 11.0. The lowest BCUT2D eigenvalue weighted by Gasteiger charge is -2.13. The number of aldehydes is 1. The molecule has 2 heterocycles. The molecular weight excluding hydrogens is 244 g/mol. The summed E-state index contributed by atoms with van der Waals surface area (Å²) in [5.41, 5.74) is 1.25. The van der Waals surface area contributed by atoms with Gasteiger partial charge in [-0.3, -0.25) is 9.59 Å². The summed E-state index contributed by atoms with van der Waals surface area (Å²) in [7, 11) is 0. The van der Waals surface area contributed by atoms with Crippen molar-refractivity contribution in [1.29, 1.82) is 0 Å². The van der Waals surface area contributed by atoms with Gasteiger partial charge in [-0.05, 0) is 32.0 Å². The van der Waals surface area contributed by atoms with E-state index in [0.717, 1.165) is 11.5 Å². The average molecular weight is 260 g/mol. The Kier molecular flexibility index (Phi) is 3.85. The second-order valence-corrected chi connectivity index (χ2v) is 4.21. The van der Waals surface area contributed by atoms with Crippen LogP contribution in [0.2, 0.25) is 0 Å². The Hall–Kier alpha value is -2.30. The van der Waals surface area contributed by atoms with E-state index in [4.69, 9.17) is 4.42 Å². The molecule has 0 saturated carbocycles. The van der Waals surface area contributed by atoms with Crippen LogP contribution < -0.4 is 10.9 Å². The number of carbonyl (C=O) groups excluding carboxylic acids is 1. The quantitative estimate of drug-likeness (QED) is 0.837. The lowest BCUT2D eigenvalue weighted by molar-refractivity contribution is 0.112. The van der Waals surface area contributed by atoms with Crippen molar-refractivity contribution in [2.24, 2.45) is 0 Å². The summed E-state index contributed by atoms with van der Waals surface area (Å²) >= 11 is 0. The molecule has 0 spiro atoms. The molecule has 0 aromatic carbocycles. The van der Waals surface area contributed by atoms with E-state index in [-0.39, 0.29) is 11.1 Å². The number of aromatic nitrogens is 1. The Balaban J connectivity index is 2.34. The van der Waals surface area contributed by atoms with E-state index < -0.39 is 0 Å². The van der Waals surface area contributed by atoms with Crippen molar-refractivity contribution in [2.75, 3.05) is 5.32 Å². The Labute approximate surface area is 110 Å². The molecule has 0 radical (unpaired) electrons. The lowest BCUT2D eigenvalue weighted by Crippen LogP contribution is -2.26. The van der Waals surface area contributed by atoms with Crippen molar-refractivity contribution in [1.82, 2.24) is 4.57 Å². The highest BCUT2D eigenvalue weighted by Crippen LogP contribution is 2.14. The third-order valence-corrected chi connectivity index (χ3v) is 3.01. The number of furan rings is 1. The average Bonchev–Trinajstić information content (AvgIpc) is 2.89. The molecule has 0 aliphatic rings. The van der Waals surface area contributed by atoms with Crippen LogP contribution in [0.15, 0.2) is 33.7 Å². The highest BCUT2D eigenvalue weighted by atomic mass is 16.3. The maximum Gasteiger partial charge on any atom is 0.263 e. The van der Waals surface area contributed by atoms with Gasteiger partial charge in [-0.25, -0.2) is 0 Å². The summed E-state index contributed by atoms with van der Waals surface area (Å²) < 4.78 is 6.77. The van der Waals surface area contributed by atoms with Gasteiger partial charge in [0.1, 0.15) is 11.3 Å². The second kappa shape index (κ2) is 5.56. The summed E-state index contributed by atoms with van der Waals surface area (Å²) in [4.78, 5) is 23.2. The molecule has 0 amide bonds. The van der Waals surface area contributed by atoms with Crippen LogP contribution >= 0.6 is 0 Å². The molecule has 2 aromatic rings. The van der Waals surface area contributed by atoms with Gasteiger partial charge in [0.05, 0.1) is 18.5 Å².